The van der Waals surface area contributed by atoms with Crippen LogP contribution in [0.2, 0.25) is 0 Å². The van der Waals surface area contributed by atoms with Gasteiger partial charge >= 0.3 is 0 Å². The molecule has 1 amide bonds. The lowest BCUT2D eigenvalue weighted by atomic mass is 10.2. The van der Waals surface area contributed by atoms with Crippen LogP contribution in [-0.4, -0.2) is 36.9 Å². The zero-order valence-corrected chi connectivity index (χ0v) is 15.1. The Balaban J connectivity index is 1.65. The third-order valence-electron chi connectivity index (χ3n) is 3.91. The van der Waals surface area contributed by atoms with Crippen LogP contribution >= 0.6 is 0 Å². The number of hydrogen-bond acceptors (Lipinski definition) is 5. The van der Waals surface area contributed by atoms with Gasteiger partial charge in [0.25, 0.3) is 11.5 Å². The number of nitrogens with zero attached hydrogens (tertiary/aromatic N) is 1. The highest BCUT2D eigenvalue weighted by molar-refractivity contribution is 7.89. The van der Waals surface area contributed by atoms with Crippen LogP contribution in [0, 0.1) is 6.92 Å². The fraction of sp³-hybridized carbons (Fsp3) is 0.353. The number of benzene rings is 1. The first-order valence-electron chi connectivity index (χ1n) is 8.31. The van der Waals surface area contributed by atoms with Gasteiger partial charge in [-0.1, -0.05) is 6.07 Å². The highest BCUT2D eigenvalue weighted by atomic mass is 32.2. The van der Waals surface area contributed by atoms with Crippen molar-refractivity contribution in [2.45, 2.75) is 37.1 Å². The Morgan fingerprint density at radius 2 is 2.08 bits per heavy atom. The molecule has 0 atom stereocenters. The maximum Gasteiger partial charge on any atom is 0.251 e. The number of nitrogens with one attached hydrogen (secondary N) is 3. The summed E-state index contributed by atoms with van der Waals surface area (Å²) in [5, 5.41) is 2.83. The molecule has 9 heteroatoms. The first-order chi connectivity index (χ1) is 12.3. The Hall–Kier alpha value is -2.52. The second-order valence-electron chi connectivity index (χ2n) is 6.25. The molecule has 3 rings (SSSR count). The quantitative estimate of drug-likeness (QED) is 0.649. The van der Waals surface area contributed by atoms with Crippen molar-refractivity contribution in [2.75, 3.05) is 6.54 Å². The molecule has 8 nitrogen and oxygen atoms in total. The monoisotopic (exact) mass is 376 g/mol. The lowest BCUT2D eigenvalue weighted by Gasteiger charge is -2.09. The average Bonchev–Trinajstić information content (AvgIpc) is 3.38. The van der Waals surface area contributed by atoms with Gasteiger partial charge in [-0.25, -0.2) is 18.1 Å². The molecule has 1 aromatic carbocycles. The fourth-order valence-electron chi connectivity index (χ4n) is 2.47. The maximum absolute atomic E-state index is 12.4. The van der Waals surface area contributed by atoms with Crippen LogP contribution in [0.25, 0.3) is 0 Å². The largest absolute Gasteiger partial charge is 0.349 e. The SMILES string of the molecule is Cc1nc(CCNS(=O)(=O)c2cccc(C(=O)NC3CC3)c2)cc(=O)[nH]1. The second-order valence-corrected chi connectivity index (χ2v) is 8.01. The summed E-state index contributed by atoms with van der Waals surface area (Å²) in [5.74, 6) is 0.206. The van der Waals surface area contributed by atoms with Gasteiger partial charge in [0.15, 0.2) is 0 Å². The molecule has 1 aliphatic rings. The van der Waals surface area contributed by atoms with E-state index in [9.17, 15) is 18.0 Å². The number of amides is 1. The zero-order chi connectivity index (χ0) is 18.7. The van der Waals surface area contributed by atoms with Crippen molar-refractivity contribution in [1.29, 1.82) is 0 Å². The van der Waals surface area contributed by atoms with Crippen LogP contribution in [0.5, 0.6) is 0 Å². The molecule has 0 saturated heterocycles. The summed E-state index contributed by atoms with van der Waals surface area (Å²) in [4.78, 5) is 30.2. The number of hydrogen-bond donors (Lipinski definition) is 3. The summed E-state index contributed by atoms with van der Waals surface area (Å²) in [6.45, 7) is 1.75. The van der Waals surface area contributed by atoms with Crippen molar-refractivity contribution in [3.63, 3.8) is 0 Å². The number of carbonyl (C=O) groups excluding carboxylic acids is 1. The molecule has 1 saturated carbocycles. The van der Waals surface area contributed by atoms with E-state index in [2.05, 4.69) is 20.0 Å². The Labute approximate surface area is 151 Å². The van der Waals surface area contributed by atoms with E-state index in [1.807, 2.05) is 0 Å². The van der Waals surface area contributed by atoms with Crippen molar-refractivity contribution in [3.05, 3.63) is 57.8 Å². The molecule has 0 unspecified atom stereocenters. The fourth-order valence-corrected chi connectivity index (χ4v) is 3.54. The Bertz CT molecular complexity index is 980. The minimum absolute atomic E-state index is 0.0241. The predicted octanol–water partition coefficient (Wildman–Crippen LogP) is 0.492. The zero-order valence-electron chi connectivity index (χ0n) is 14.3. The highest BCUT2D eigenvalue weighted by Gasteiger charge is 2.24. The third kappa shape index (κ3) is 4.77. The number of H-pyrrole nitrogens is 1. The minimum Gasteiger partial charge on any atom is -0.349 e. The van der Waals surface area contributed by atoms with Gasteiger partial charge in [0.1, 0.15) is 5.82 Å². The van der Waals surface area contributed by atoms with Gasteiger partial charge in [-0.3, -0.25) is 9.59 Å². The topological polar surface area (TPSA) is 121 Å². The summed E-state index contributed by atoms with van der Waals surface area (Å²) in [6, 6.07) is 7.45. The molecule has 138 valence electrons. The molecule has 1 aliphatic carbocycles. The number of sulfonamides is 1. The standard InChI is InChI=1S/C17H20N4O4S/c1-11-19-14(10-16(22)20-11)7-8-18-26(24,25)15-4-2-3-12(9-15)17(23)21-13-5-6-13/h2-4,9-10,13,18H,5-8H2,1H3,(H,21,23)(H,19,20,22). The normalized spacial score (nSPS) is 14.2. The Morgan fingerprint density at radius 1 is 1.31 bits per heavy atom. The molecule has 0 spiro atoms. The molecule has 0 bridgehead atoms. The number of aryl methyl sites for hydroxylation is 1. The molecule has 0 radical (unpaired) electrons. The highest BCUT2D eigenvalue weighted by Crippen LogP contribution is 2.20. The van der Waals surface area contributed by atoms with Crippen LogP contribution in [0.1, 0.15) is 34.7 Å². The summed E-state index contributed by atoms with van der Waals surface area (Å²) < 4.78 is 27.3. The second kappa shape index (κ2) is 7.38. The van der Waals surface area contributed by atoms with Crippen molar-refractivity contribution in [1.82, 2.24) is 20.0 Å². The van der Waals surface area contributed by atoms with E-state index in [1.54, 1.807) is 13.0 Å². The van der Waals surface area contributed by atoms with Gasteiger partial charge in [0.05, 0.1) is 4.90 Å². The molecule has 3 N–H and O–H groups in total. The van der Waals surface area contributed by atoms with Gasteiger partial charge in [0.2, 0.25) is 10.0 Å². The van der Waals surface area contributed by atoms with Crippen LogP contribution in [0.15, 0.2) is 40.0 Å². The van der Waals surface area contributed by atoms with Crippen molar-refractivity contribution < 1.29 is 13.2 Å². The van der Waals surface area contributed by atoms with E-state index in [0.717, 1.165) is 12.8 Å². The molecular weight excluding hydrogens is 356 g/mol. The summed E-state index contributed by atoms with van der Waals surface area (Å²) >= 11 is 0. The van der Waals surface area contributed by atoms with Gasteiger partial charge in [0, 0.05) is 36.3 Å². The molecule has 1 aromatic heterocycles. The number of carbonyl (C=O) groups is 1. The van der Waals surface area contributed by atoms with Gasteiger partial charge in [-0.15, -0.1) is 0 Å². The maximum atomic E-state index is 12.4. The van der Waals surface area contributed by atoms with Crippen LogP contribution in [0.4, 0.5) is 0 Å². The Kier molecular flexibility index (Phi) is 5.19. The third-order valence-corrected chi connectivity index (χ3v) is 5.36. The van der Waals surface area contributed by atoms with Gasteiger partial charge in [-0.2, -0.15) is 0 Å². The minimum atomic E-state index is -3.76. The first-order valence-corrected chi connectivity index (χ1v) is 9.79. The van der Waals surface area contributed by atoms with Crippen molar-refractivity contribution in [3.8, 4) is 0 Å². The number of aromatic amines is 1. The lowest BCUT2D eigenvalue weighted by molar-refractivity contribution is 0.0951. The van der Waals surface area contributed by atoms with Gasteiger partial charge < -0.3 is 10.3 Å². The van der Waals surface area contributed by atoms with Crippen molar-refractivity contribution >= 4 is 15.9 Å². The molecule has 1 fully saturated rings. The van der Waals surface area contributed by atoms with Gasteiger partial charge in [-0.05, 0) is 38.0 Å². The average molecular weight is 376 g/mol. The van der Waals surface area contributed by atoms with Crippen molar-refractivity contribution in [2.24, 2.45) is 0 Å². The van der Waals surface area contributed by atoms with E-state index >= 15 is 0 Å². The molecule has 26 heavy (non-hydrogen) atoms. The van der Waals surface area contributed by atoms with Crippen LogP contribution < -0.4 is 15.6 Å². The van der Waals surface area contributed by atoms with Crippen LogP contribution in [0.3, 0.4) is 0 Å². The smallest absolute Gasteiger partial charge is 0.251 e. The van der Waals surface area contributed by atoms with Crippen LogP contribution in [-0.2, 0) is 16.4 Å². The molecule has 2 aromatic rings. The van der Waals surface area contributed by atoms with E-state index in [1.165, 1.54) is 24.3 Å². The van der Waals surface area contributed by atoms with E-state index in [0.29, 0.717) is 17.1 Å². The lowest BCUT2D eigenvalue weighted by Crippen LogP contribution is -2.28. The molecule has 0 aliphatic heterocycles. The molecule has 1 heterocycles. The summed E-state index contributed by atoms with van der Waals surface area (Å²) in [5.41, 5.74) is 0.544. The predicted molar refractivity (Wildman–Crippen MR) is 95.4 cm³/mol. The van der Waals surface area contributed by atoms with E-state index < -0.39 is 10.0 Å². The Morgan fingerprint density at radius 3 is 2.77 bits per heavy atom. The van der Waals surface area contributed by atoms with E-state index in [-0.39, 0.29) is 35.4 Å². The molecular formula is C17H20N4O4S. The summed E-state index contributed by atoms with van der Waals surface area (Å²) in [6.07, 6.45) is 2.20. The first kappa shape index (κ1) is 18.3. The number of aromatic nitrogens is 2. The summed E-state index contributed by atoms with van der Waals surface area (Å²) in [7, 11) is -3.76. The van der Waals surface area contributed by atoms with E-state index in [4.69, 9.17) is 0 Å². The number of rotatable bonds is 7.